The first-order chi connectivity index (χ1) is 13.2. The summed E-state index contributed by atoms with van der Waals surface area (Å²) in [4.78, 5) is 19.0. The Morgan fingerprint density at radius 1 is 1.07 bits per heavy atom. The van der Waals surface area contributed by atoms with Crippen LogP contribution in [0.4, 0.5) is 9.52 Å². The van der Waals surface area contributed by atoms with E-state index in [0.29, 0.717) is 18.7 Å². The molecule has 1 aliphatic heterocycles. The molecule has 0 unspecified atom stereocenters. The highest BCUT2D eigenvalue weighted by atomic mass is 32.1. The molecule has 0 saturated carbocycles. The van der Waals surface area contributed by atoms with Gasteiger partial charge in [0, 0.05) is 0 Å². The maximum absolute atomic E-state index is 13.3. The highest BCUT2D eigenvalue weighted by Crippen LogP contribution is 2.32. The van der Waals surface area contributed by atoms with Crippen LogP contribution in [0.5, 0.6) is 0 Å². The van der Waals surface area contributed by atoms with Crippen LogP contribution in [0.2, 0.25) is 0 Å². The number of ether oxygens (including phenoxy) is 1. The summed E-state index contributed by atoms with van der Waals surface area (Å²) >= 11 is 1.45. The fourth-order valence-corrected chi connectivity index (χ4v) is 4.23. The Balaban J connectivity index is 1.25. The standard InChI is InChI=1S/C21H15FN2O2S/c22-16-7-8-18-19(10-16)27-21(23-18)24-11-17(12-24)26-20(25)15-6-5-13-3-1-2-4-14(13)9-15/h1-10,17H,11-12H2. The lowest BCUT2D eigenvalue weighted by molar-refractivity contribution is 0.0234. The molecule has 2 heterocycles. The van der Waals surface area contributed by atoms with Crippen LogP contribution >= 0.6 is 11.3 Å². The van der Waals surface area contributed by atoms with E-state index in [4.69, 9.17) is 4.74 Å². The fourth-order valence-electron chi connectivity index (χ4n) is 3.23. The lowest BCUT2D eigenvalue weighted by Crippen LogP contribution is -2.53. The largest absolute Gasteiger partial charge is 0.455 e. The monoisotopic (exact) mass is 378 g/mol. The molecule has 1 saturated heterocycles. The van der Waals surface area contributed by atoms with E-state index < -0.39 is 0 Å². The molecule has 1 aromatic heterocycles. The second-order valence-corrected chi connectivity index (χ2v) is 7.61. The van der Waals surface area contributed by atoms with E-state index in [1.54, 1.807) is 12.1 Å². The van der Waals surface area contributed by atoms with Gasteiger partial charge in [-0.1, -0.05) is 41.7 Å². The van der Waals surface area contributed by atoms with Crippen molar-refractivity contribution in [3.05, 3.63) is 72.0 Å². The van der Waals surface area contributed by atoms with Crippen LogP contribution < -0.4 is 4.90 Å². The van der Waals surface area contributed by atoms with E-state index in [1.165, 1.54) is 23.5 Å². The van der Waals surface area contributed by atoms with E-state index in [1.807, 2.05) is 41.3 Å². The third-order valence-corrected chi connectivity index (χ3v) is 5.80. The predicted molar refractivity (Wildman–Crippen MR) is 105 cm³/mol. The average Bonchev–Trinajstić information content (AvgIpc) is 3.06. The second-order valence-electron chi connectivity index (χ2n) is 6.60. The first kappa shape index (κ1) is 16.2. The van der Waals surface area contributed by atoms with Gasteiger partial charge in [0.1, 0.15) is 11.9 Å². The zero-order chi connectivity index (χ0) is 18.4. The van der Waals surface area contributed by atoms with Crippen LogP contribution in [0.1, 0.15) is 10.4 Å². The molecule has 0 aliphatic carbocycles. The molecule has 1 aliphatic rings. The Morgan fingerprint density at radius 2 is 1.89 bits per heavy atom. The SMILES string of the molecule is O=C(OC1CN(c2nc3ccc(F)cc3s2)C1)c1ccc2ccccc2c1. The van der Waals surface area contributed by atoms with Crippen molar-refractivity contribution in [1.29, 1.82) is 0 Å². The summed E-state index contributed by atoms with van der Waals surface area (Å²) in [6.45, 7) is 1.20. The Kier molecular flexibility index (Phi) is 3.79. The van der Waals surface area contributed by atoms with E-state index in [0.717, 1.165) is 26.1 Å². The molecular formula is C21H15FN2O2S. The molecule has 0 bridgehead atoms. The maximum atomic E-state index is 13.3. The van der Waals surface area contributed by atoms with Crippen LogP contribution in [0.3, 0.4) is 0 Å². The van der Waals surface area contributed by atoms with Crippen molar-refractivity contribution in [3.8, 4) is 0 Å². The van der Waals surface area contributed by atoms with Crippen molar-refractivity contribution in [3.63, 3.8) is 0 Å². The molecule has 4 nitrogen and oxygen atoms in total. The second kappa shape index (κ2) is 6.32. The molecule has 5 rings (SSSR count). The smallest absolute Gasteiger partial charge is 0.338 e. The van der Waals surface area contributed by atoms with E-state index in [2.05, 4.69) is 4.98 Å². The molecule has 27 heavy (non-hydrogen) atoms. The summed E-state index contributed by atoms with van der Waals surface area (Å²) in [6, 6.07) is 18.1. The first-order valence-electron chi connectivity index (χ1n) is 8.66. The number of rotatable bonds is 3. The van der Waals surface area contributed by atoms with Crippen LogP contribution in [-0.2, 0) is 4.74 Å². The summed E-state index contributed by atoms with van der Waals surface area (Å²) in [5.41, 5.74) is 1.34. The fraction of sp³-hybridized carbons (Fsp3) is 0.143. The highest BCUT2D eigenvalue weighted by molar-refractivity contribution is 7.22. The number of esters is 1. The van der Waals surface area contributed by atoms with Crippen molar-refractivity contribution in [2.45, 2.75) is 6.10 Å². The quantitative estimate of drug-likeness (QED) is 0.487. The number of halogens is 1. The number of hydrogen-bond donors (Lipinski definition) is 0. The number of fused-ring (bicyclic) bond motifs is 2. The van der Waals surface area contributed by atoms with E-state index >= 15 is 0 Å². The van der Waals surface area contributed by atoms with Crippen LogP contribution in [0, 0.1) is 5.82 Å². The molecule has 0 radical (unpaired) electrons. The van der Waals surface area contributed by atoms with E-state index in [9.17, 15) is 9.18 Å². The topological polar surface area (TPSA) is 42.4 Å². The van der Waals surface area contributed by atoms with Gasteiger partial charge in [-0.15, -0.1) is 0 Å². The van der Waals surface area contributed by atoms with Crippen molar-refractivity contribution in [1.82, 2.24) is 4.98 Å². The number of thiazole rings is 1. The number of hydrogen-bond acceptors (Lipinski definition) is 5. The highest BCUT2D eigenvalue weighted by Gasteiger charge is 2.32. The zero-order valence-corrected chi connectivity index (χ0v) is 15.1. The minimum Gasteiger partial charge on any atom is -0.455 e. The summed E-state index contributed by atoms with van der Waals surface area (Å²) in [6.07, 6.45) is -0.160. The molecule has 134 valence electrons. The van der Waals surface area contributed by atoms with Gasteiger partial charge in [0.05, 0.1) is 28.9 Å². The van der Waals surface area contributed by atoms with Crippen molar-refractivity contribution >= 4 is 43.4 Å². The summed E-state index contributed by atoms with van der Waals surface area (Å²) in [5, 5.41) is 2.94. The lowest BCUT2D eigenvalue weighted by atomic mass is 10.1. The molecule has 6 heteroatoms. The van der Waals surface area contributed by atoms with Gasteiger partial charge in [0.2, 0.25) is 0 Å². The summed E-state index contributed by atoms with van der Waals surface area (Å²) in [7, 11) is 0. The van der Waals surface area contributed by atoms with Crippen molar-refractivity contribution in [2.75, 3.05) is 18.0 Å². The van der Waals surface area contributed by atoms with Crippen LogP contribution in [0.15, 0.2) is 60.7 Å². The number of nitrogens with zero attached hydrogens (tertiary/aromatic N) is 2. The number of benzene rings is 3. The normalized spacial score (nSPS) is 14.5. The third kappa shape index (κ3) is 3.02. The molecule has 0 spiro atoms. The van der Waals surface area contributed by atoms with Gasteiger partial charge in [-0.25, -0.2) is 14.2 Å². The molecule has 0 atom stereocenters. The van der Waals surface area contributed by atoms with Crippen molar-refractivity contribution < 1.29 is 13.9 Å². The summed E-state index contributed by atoms with van der Waals surface area (Å²) < 4.78 is 19.7. The zero-order valence-electron chi connectivity index (χ0n) is 14.3. The Hall–Kier alpha value is -2.99. The van der Waals surface area contributed by atoms with Gasteiger partial charge >= 0.3 is 5.97 Å². The van der Waals surface area contributed by atoms with Crippen LogP contribution in [0.25, 0.3) is 21.0 Å². The maximum Gasteiger partial charge on any atom is 0.338 e. The minimum atomic E-state index is -0.309. The van der Waals surface area contributed by atoms with Gasteiger partial charge < -0.3 is 9.64 Å². The summed E-state index contributed by atoms with van der Waals surface area (Å²) in [5.74, 6) is -0.569. The molecule has 3 aromatic carbocycles. The molecule has 0 amide bonds. The van der Waals surface area contributed by atoms with Crippen molar-refractivity contribution in [2.24, 2.45) is 0 Å². The lowest BCUT2D eigenvalue weighted by Gasteiger charge is -2.38. The van der Waals surface area contributed by atoms with Gasteiger partial charge in [-0.2, -0.15) is 0 Å². The first-order valence-corrected chi connectivity index (χ1v) is 9.48. The third-order valence-electron chi connectivity index (χ3n) is 4.72. The van der Waals surface area contributed by atoms with Gasteiger partial charge in [-0.05, 0) is 41.1 Å². The number of anilines is 1. The van der Waals surface area contributed by atoms with Gasteiger partial charge in [0.25, 0.3) is 0 Å². The number of aromatic nitrogens is 1. The Morgan fingerprint density at radius 3 is 2.74 bits per heavy atom. The predicted octanol–water partition coefficient (Wildman–Crippen LogP) is 4.63. The number of carbonyl (C=O) groups excluding carboxylic acids is 1. The number of carbonyl (C=O) groups is 1. The van der Waals surface area contributed by atoms with Gasteiger partial charge in [-0.3, -0.25) is 0 Å². The molecule has 0 N–H and O–H groups in total. The molecule has 1 fully saturated rings. The van der Waals surface area contributed by atoms with Gasteiger partial charge in [0.15, 0.2) is 5.13 Å². The van der Waals surface area contributed by atoms with Crippen LogP contribution in [-0.4, -0.2) is 30.1 Å². The van der Waals surface area contributed by atoms with E-state index in [-0.39, 0.29) is 17.9 Å². The average molecular weight is 378 g/mol. The molecule has 4 aromatic rings. The Bertz CT molecular complexity index is 1170. The Labute approximate surface area is 158 Å². The minimum absolute atomic E-state index is 0.160. The molecular weight excluding hydrogens is 363 g/mol.